The van der Waals surface area contributed by atoms with E-state index in [4.69, 9.17) is 4.74 Å². The standard InChI is InChI=1S/C17H26N2O2/c1-11-14(17(2,3)15(11)21-5)19-10-12-6-8-13(9-7-12)16(20)18-4/h6-9,11,14-15,19H,10H2,1-5H3,(H,18,20)/t11-,14-,15-/m1/s1. The summed E-state index contributed by atoms with van der Waals surface area (Å²) < 4.78 is 5.57. The van der Waals surface area contributed by atoms with E-state index in [1.807, 2.05) is 24.3 Å². The molecule has 2 rings (SSSR count). The van der Waals surface area contributed by atoms with E-state index in [2.05, 4.69) is 31.4 Å². The van der Waals surface area contributed by atoms with Gasteiger partial charge in [0.25, 0.3) is 5.91 Å². The SMILES string of the molecule is CNC(=O)c1ccc(CN[C@@H]2[C@@H](C)[C@@H](OC)C2(C)C)cc1. The van der Waals surface area contributed by atoms with Gasteiger partial charge in [0.15, 0.2) is 0 Å². The van der Waals surface area contributed by atoms with E-state index in [0.717, 1.165) is 6.54 Å². The summed E-state index contributed by atoms with van der Waals surface area (Å²) in [5.74, 6) is 0.460. The average molecular weight is 290 g/mol. The number of hydrogen-bond acceptors (Lipinski definition) is 3. The average Bonchev–Trinajstić information content (AvgIpc) is 2.47. The summed E-state index contributed by atoms with van der Waals surface area (Å²) in [4.78, 5) is 11.5. The van der Waals surface area contributed by atoms with Crippen LogP contribution in [0.1, 0.15) is 36.7 Å². The van der Waals surface area contributed by atoms with Gasteiger partial charge in [0.2, 0.25) is 0 Å². The van der Waals surface area contributed by atoms with Crippen LogP contribution >= 0.6 is 0 Å². The highest BCUT2D eigenvalue weighted by Gasteiger charge is 2.54. The van der Waals surface area contributed by atoms with Crippen LogP contribution in [0.25, 0.3) is 0 Å². The van der Waals surface area contributed by atoms with E-state index in [9.17, 15) is 4.79 Å². The van der Waals surface area contributed by atoms with Gasteiger partial charge in [-0.25, -0.2) is 0 Å². The van der Waals surface area contributed by atoms with Crippen molar-refractivity contribution in [2.75, 3.05) is 14.2 Å². The van der Waals surface area contributed by atoms with Gasteiger partial charge >= 0.3 is 0 Å². The molecule has 21 heavy (non-hydrogen) atoms. The Bertz CT molecular complexity index is 496. The summed E-state index contributed by atoms with van der Waals surface area (Å²) in [5, 5.41) is 6.25. The van der Waals surface area contributed by atoms with Gasteiger partial charge in [0.05, 0.1) is 6.10 Å². The summed E-state index contributed by atoms with van der Waals surface area (Å²) >= 11 is 0. The molecule has 0 heterocycles. The Morgan fingerprint density at radius 2 is 1.90 bits per heavy atom. The predicted molar refractivity (Wildman–Crippen MR) is 84.2 cm³/mol. The van der Waals surface area contributed by atoms with E-state index in [1.165, 1.54) is 5.56 Å². The quantitative estimate of drug-likeness (QED) is 0.874. The first-order valence-electron chi connectivity index (χ1n) is 7.49. The van der Waals surface area contributed by atoms with Gasteiger partial charge < -0.3 is 15.4 Å². The number of methoxy groups -OCH3 is 1. The third kappa shape index (κ3) is 2.97. The van der Waals surface area contributed by atoms with Gasteiger partial charge in [-0.15, -0.1) is 0 Å². The van der Waals surface area contributed by atoms with E-state index >= 15 is 0 Å². The zero-order chi connectivity index (χ0) is 15.6. The maximum Gasteiger partial charge on any atom is 0.251 e. The van der Waals surface area contributed by atoms with Gasteiger partial charge in [-0.2, -0.15) is 0 Å². The van der Waals surface area contributed by atoms with Crippen LogP contribution in [0.5, 0.6) is 0 Å². The Morgan fingerprint density at radius 3 is 2.38 bits per heavy atom. The Morgan fingerprint density at radius 1 is 1.29 bits per heavy atom. The molecule has 0 bridgehead atoms. The number of hydrogen-bond donors (Lipinski definition) is 2. The Kier molecular flexibility index (Phi) is 4.69. The van der Waals surface area contributed by atoms with Crippen molar-refractivity contribution in [3.63, 3.8) is 0 Å². The molecule has 1 aliphatic rings. The summed E-state index contributed by atoms with van der Waals surface area (Å²) in [6.07, 6.45) is 0.311. The van der Waals surface area contributed by atoms with E-state index in [0.29, 0.717) is 23.6 Å². The molecule has 0 spiro atoms. The Hall–Kier alpha value is -1.39. The fourth-order valence-electron chi connectivity index (χ4n) is 3.70. The first-order chi connectivity index (χ1) is 9.91. The normalized spacial score (nSPS) is 27.0. The van der Waals surface area contributed by atoms with Crippen LogP contribution in [0.2, 0.25) is 0 Å². The molecule has 0 aliphatic heterocycles. The lowest BCUT2D eigenvalue weighted by molar-refractivity contribution is -0.145. The molecule has 1 fully saturated rings. The molecule has 1 saturated carbocycles. The Balaban J connectivity index is 1.93. The number of benzene rings is 1. The molecule has 0 aromatic heterocycles. The van der Waals surface area contributed by atoms with Crippen LogP contribution in [-0.2, 0) is 11.3 Å². The molecular weight excluding hydrogens is 264 g/mol. The predicted octanol–water partition coefficient (Wildman–Crippen LogP) is 2.20. The minimum atomic E-state index is -0.0498. The van der Waals surface area contributed by atoms with Gasteiger partial charge in [-0.05, 0) is 23.6 Å². The number of carbonyl (C=O) groups excluding carboxylic acids is 1. The lowest BCUT2D eigenvalue weighted by Gasteiger charge is -2.56. The smallest absolute Gasteiger partial charge is 0.251 e. The van der Waals surface area contributed by atoms with Crippen LogP contribution in [-0.4, -0.2) is 32.2 Å². The highest BCUT2D eigenvalue weighted by molar-refractivity contribution is 5.93. The van der Waals surface area contributed by atoms with Crippen LogP contribution in [0.3, 0.4) is 0 Å². The molecule has 0 radical (unpaired) electrons. The van der Waals surface area contributed by atoms with Crippen LogP contribution < -0.4 is 10.6 Å². The number of amides is 1. The summed E-state index contributed by atoms with van der Waals surface area (Å²) in [5.41, 5.74) is 2.03. The van der Waals surface area contributed by atoms with Crippen molar-refractivity contribution in [1.29, 1.82) is 0 Å². The minimum absolute atomic E-state index is 0.0498. The van der Waals surface area contributed by atoms with Crippen molar-refractivity contribution in [1.82, 2.24) is 10.6 Å². The molecule has 2 N–H and O–H groups in total. The number of carbonyl (C=O) groups is 1. The second-order valence-corrected chi connectivity index (χ2v) is 6.47. The zero-order valence-corrected chi connectivity index (χ0v) is 13.6. The molecule has 0 unspecified atom stereocenters. The lowest BCUT2D eigenvalue weighted by atomic mass is 9.58. The molecule has 0 saturated heterocycles. The lowest BCUT2D eigenvalue weighted by Crippen LogP contribution is -2.66. The van der Waals surface area contributed by atoms with Gasteiger partial charge in [0.1, 0.15) is 0 Å². The van der Waals surface area contributed by atoms with E-state index in [1.54, 1.807) is 14.2 Å². The molecule has 116 valence electrons. The second-order valence-electron chi connectivity index (χ2n) is 6.47. The second kappa shape index (κ2) is 6.16. The van der Waals surface area contributed by atoms with Crippen molar-refractivity contribution in [2.45, 2.75) is 39.5 Å². The largest absolute Gasteiger partial charge is 0.380 e. The molecule has 1 aromatic rings. The summed E-state index contributed by atoms with van der Waals surface area (Å²) in [6, 6.07) is 8.18. The minimum Gasteiger partial charge on any atom is -0.380 e. The fourth-order valence-corrected chi connectivity index (χ4v) is 3.70. The molecule has 1 amide bonds. The van der Waals surface area contributed by atoms with Crippen LogP contribution in [0, 0.1) is 11.3 Å². The topological polar surface area (TPSA) is 50.4 Å². The van der Waals surface area contributed by atoms with Crippen LogP contribution in [0.15, 0.2) is 24.3 Å². The maximum atomic E-state index is 11.5. The van der Waals surface area contributed by atoms with Crippen molar-refractivity contribution in [3.8, 4) is 0 Å². The first-order valence-corrected chi connectivity index (χ1v) is 7.49. The summed E-state index contributed by atoms with van der Waals surface area (Å²) in [6.45, 7) is 7.52. The molecule has 1 aliphatic carbocycles. The number of nitrogens with one attached hydrogen (secondary N) is 2. The molecule has 4 heteroatoms. The van der Waals surface area contributed by atoms with Crippen molar-refractivity contribution >= 4 is 5.91 Å². The Labute approximate surface area is 127 Å². The third-order valence-electron chi connectivity index (χ3n) is 4.76. The van der Waals surface area contributed by atoms with E-state index in [-0.39, 0.29) is 11.3 Å². The van der Waals surface area contributed by atoms with Crippen molar-refractivity contribution in [3.05, 3.63) is 35.4 Å². The van der Waals surface area contributed by atoms with Gasteiger partial charge in [0, 0.05) is 37.7 Å². The maximum absolute atomic E-state index is 11.5. The molecular formula is C17H26N2O2. The van der Waals surface area contributed by atoms with Crippen molar-refractivity contribution in [2.24, 2.45) is 11.3 Å². The fraction of sp³-hybridized carbons (Fsp3) is 0.588. The van der Waals surface area contributed by atoms with E-state index < -0.39 is 0 Å². The molecule has 1 aromatic carbocycles. The highest BCUT2D eigenvalue weighted by atomic mass is 16.5. The zero-order valence-electron chi connectivity index (χ0n) is 13.6. The number of rotatable bonds is 5. The van der Waals surface area contributed by atoms with Crippen molar-refractivity contribution < 1.29 is 9.53 Å². The summed E-state index contributed by atoms with van der Waals surface area (Å²) in [7, 11) is 3.43. The molecule has 4 nitrogen and oxygen atoms in total. The number of ether oxygens (including phenoxy) is 1. The third-order valence-corrected chi connectivity index (χ3v) is 4.76. The molecule has 3 atom stereocenters. The first kappa shape index (κ1) is 16.0. The van der Waals surface area contributed by atoms with Gasteiger partial charge in [-0.3, -0.25) is 4.79 Å². The monoisotopic (exact) mass is 290 g/mol. The highest BCUT2D eigenvalue weighted by Crippen LogP contribution is 2.46. The van der Waals surface area contributed by atoms with Gasteiger partial charge in [-0.1, -0.05) is 32.9 Å². The van der Waals surface area contributed by atoms with Crippen LogP contribution in [0.4, 0.5) is 0 Å².